The average molecular weight is 552 g/mol. The van der Waals surface area contributed by atoms with Gasteiger partial charge in [-0.25, -0.2) is 4.79 Å². The Morgan fingerprint density at radius 1 is 0.829 bits per heavy atom. The quantitative estimate of drug-likeness (QED) is 0.139. The number of aromatic nitrogens is 1. The zero-order valence-corrected chi connectivity index (χ0v) is 23.0. The molecule has 1 unspecified atom stereocenters. The zero-order chi connectivity index (χ0) is 28.8. The van der Waals surface area contributed by atoms with E-state index in [1.54, 1.807) is 30.5 Å². The maximum absolute atomic E-state index is 14.0. The minimum Gasteiger partial charge on any atom is -0.450 e. The van der Waals surface area contributed by atoms with Gasteiger partial charge in [0.05, 0.1) is 23.8 Å². The van der Waals surface area contributed by atoms with Gasteiger partial charge in [-0.05, 0) is 36.6 Å². The van der Waals surface area contributed by atoms with Gasteiger partial charge in [0.2, 0.25) is 0 Å². The van der Waals surface area contributed by atoms with Crippen LogP contribution in [0, 0.1) is 0 Å². The van der Waals surface area contributed by atoms with Crippen molar-refractivity contribution in [3.05, 3.63) is 107 Å². The molecule has 1 aliphatic heterocycles. The van der Waals surface area contributed by atoms with E-state index in [1.165, 1.54) is 4.90 Å². The Morgan fingerprint density at radius 2 is 1.49 bits per heavy atom. The first-order chi connectivity index (χ1) is 20.0. The van der Waals surface area contributed by atoms with Crippen molar-refractivity contribution >= 4 is 34.6 Å². The third kappa shape index (κ3) is 6.06. The van der Waals surface area contributed by atoms with Gasteiger partial charge in [0.25, 0.3) is 11.8 Å². The SMILES string of the molecule is CCCCOC(=O)NC(Cc1ccccc1)C(=O)c1cn(CCCN2C(=O)c3ccccc3C2=O)c2ccccc12. The van der Waals surface area contributed by atoms with Gasteiger partial charge in [-0.3, -0.25) is 19.3 Å². The summed E-state index contributed by atoms with van der Waals surface area (Å²) < 4.78 is 7.28. The number of nitrogens with one attached hydrogen (secondary N) is 1. The fourth-order valence-corrected chi connectivity index (χ4v) is 5.21. The molecule has 2 heterocycles. The number of benzene rings is 3. The number of rotatable bonds is 12. The van der Waals surface area contributed by atoms with Gasteiger partial charge in [-0.1, -0.05) is 74.0 Å². The number of Topliss-reactive ketones (excluding diaryl/α,β-unsaturated/α-hetero) is 1. The van der Waals surface area contributed by atoms with Crippen LogP contribution in [0.1, 0.15) is 62.8 Å². The Balaban J connectivity index is 1.34. The predicted molar refractivity (Wildman–Crippen MR) is 156 cm³/mol. The fourth-order valence-electron chi connectivity index (χ4n) is 5.21. The van der Waals surface area contributed by atoms with E-state index in [4.69, 9.17) is 4.74 Å². The maximum Gasteiger partial charge on any atom is 0.407 e. The summed E-state index contributed by atoms with van der Waals surface area (Å²) in [6.07, 6.45) is 3.68. The van der Waals surface area contributed by atoms with Crippen LogP contribution in [0.3, 0.4) is 0 Å². The lowest BCUT2D eigenvalue weighted by atomic mass is 9.97. The number of hydrogen-bond acceptors (Lipinski definition) is 5. The van der Waals surface area contributed by atoms with E-state index in [9.17, 15) is 19.2 Å². The molecule has 0 saturated carbocycles. The van der Waals surface area contributed by atoms with Crippen LogP contribution < -0.4 is 5.32 Å². The number of alkyl carbamates (subject to hydrolysis) is 1. The van der Waals surface area contributed by atoms with E-state index in [0.717, 1.165) is 29.3 Å². The number of para-hydroxylation sites is 1. The molecule has 4 aromatic rings. The number of aryl methyl sites for hydroxylation is 1. The Hall–Kier alpha value is -4.72. The molecule has 0 radical (unpaired) electrons. The number of ketones is 1. The molecular weight excluding hydrogens is 518 g/mol. The number of ether oxygens (including phenoxy) is 1. The number of carbonyl (C=O) groups excluding carboxylic acids is 4. The maximum atomic E-state index is 14.0. The van der Waals surface area contributed by atoms with Gasteiger partial charge in [0.1, 0.15) is 0 Å². The summed E-state index contributed by atoms with van der Waals surface area (Å²) in [5.74, 6) is -0.768. The van der Waals surface area contributed by atoms with E-state index in [1.807, 2.05) is 66.1 Å². The Labute approximate surface area is 238 Å². The Kier molecular flexibility index (Phi) is 8.58. The molecule has 8 nitrogen and oxygen atoms in total. The molecule has 1 atom stereocenters. The van der Waals surface area contributed by atoms with E-state index >= 15 is 0 Å². The van der Waals surface area contributed by atoms with Crippen molar-refractivity contribution in [1.82, 2.24) is 14.8 Å². The molecule has 41 heavy (non-hydrogen) atoms. The van der Waals surface area contributed by atoms with E-state index < -0.39 is 12.1 Å². The van der Waals surface area contributed by atoms with Gasteiger partial charge in [0, 0.05) is 42.2 Å². The molecule has 3 aromatic carbocycles. The van der Waals surface area contributed by atoms with Crippen LogP contribution in [0.15, 0.2) is 85.1 Å². The van der Waals surface area contributed by atoms with Gasteiger partial charge in [-0.15, -0.1) is 0 Å². The molecular formula is C33H33N3O5. The summed E-state index contributed by atoms with van der Waals surface area (Å²) in [4.78, 5) is 53.3. The topological polar surface area (TPSA) is 97.7 Å². The average Bonchev–Trinajstić information content (AvgIpc) is 3.48. The van der Waals surface area contributed by atoms with Gasteiger partial charge >= 0.3 is 6.09 Å². The van der Waals surface area contributed by atoms with Crippen molar-refractivity contribution in [3.63, 3.8) is 0 Å². The summed E-state index contributed by atoms with van der Waals surface area (Å²) in [7, 11) is 0. The Bertz CT molecular complexity index is 1540. The fraction of sp³-hybridized carbons (Fsp3) is 0.273. The van der Waals surface area contributed by atoms with Crippen molar-refractivity contribution in [2.75, 3.05) is 13.2 Å². The van der Waals surface area contributed by atoms with Crippen molar-refractivity contribution in [3.8, 4) is 0 Å². The highest BCUT2D eigenvalue weighted by atomic mass is 16.5. The van der Waals surface area contributed by atoms with E-state index in [-0.39, 0.29) is 24.1 Å². The second kappa shape index (κ2) is 12.6. The normalized spacial score (nSPS) is 13.3. The van der Waals surface area contributed by atoms with Crippen molar-refractivity contribution < 1.29 is 23.9 Å². The molecule has 5 rings (SSSR count). The molecule has 1 aromatic heterocycles. The minimum atomic E-state index is -0.816. The lowest BCUT2D eigenvalue weighted by Crippen LogP contribution is -2.42. The minimum absolute atomic E-state index is 0.211. The lowest BCUT2D eigenvalue weighted by molar-refractivity contribution is 0.0650. The van der Waals surface area contributed by atoms with Crippen molar-refractivity contribution in [2.24, 2.45) is 0 Å². The number of amides is 3. The van der Waals surface area contributed by atoms with E-state index in [0.29, 0.717) is 42.7 Å². The number of carbonyl (C=O) groups is 4. The van der Waals surface area contributed by atoms with Gasteiger partial charge < -0.3 is 14.6 Å². The third-order valence-corrected chi connectivity index (χ3v) is 7.34. The monoisotopic (exact) mass is 551 g/mol. The molecule has 210 valence electrons. The third-order valence-electron chi connectivity index (χ3n) is 7.34. The van der Waals surface area contributed by atoms with Gasteiger partial charge in [0.15, 0.2) is 5.78 Å². The van der Waals surface area contributed by atoms with E-state index in [2.05, 4.69) is 5.32 Å². The molecule has 1 N–H and O–H groups in total. The Morgan fingerprint density at radius 3 is 2.20 bits per heavy atom. The number of unbranched alkanes of at least 4 members (excludes halogenated alkanes) is 1. The van der Waals surface area contributed by atoms with Crippen LogP contribution in [0.4, 0.5) is 4.79 Å². The van der Waals surface area contributed by atoms with Crippen LogP contribution in [0.2, 0.25) is 0 Å². The molecule has 1 aliphatic rings. The van der Waals surface area contributed by atoms with Gasteiger partial charge in [-0.2, -0.15) is 0 Å². The largest absolute Gasteiger partial charge is 0.450 e. The summed E-state index contributed by atoms with van der Waals surface area (Å²) in [6.45, 7) is 3.07. The zero-order valence-electron chi connectivity index (χ0n) is 23.0. The smallest absolute Gasteiger partial charge is 0.407 e. The first-order valence-corrected chi connectivity index (χ1v) is 14.0. The van der Waals surface area contributed by atoms with Crippen LogP contribution >= 0.6 is 0 Å². The molecule has 0 aliphatic carbocycles. The number of fused-ring (bicyclic) bond motifs is 2. The number of imide groups is 1. The van der Waals surface area contributed by atoms with Crippen LogP contribution in [0.25, 0.3) is 10.9 Å². The number of nitrogens with zero attached hydrogens (tertiary/aromatic N) is 2. The summed E-state index contributed by atoms with van der Waals surface area (Å²) >= 11 is 0. The lowest BCUT2D eigenvalue weighted by Gasteiger charge is -2.18. The molecule has 0 fully saturated rings. The first kappa shape index (κ1) is 27.8. The second-order valence-corrected chi connectivity index (χ2v) is 10.2. The first-order valence-electron chi connectivity index (χ1n) is 14.0. The number of hydrogen-bond donors (Lipinski definition) is 1. The standard InChI is InChI=1S/C33H33N3O5/c1-2-3-20-41-33(40)34-28(21-23-12-5-4-6-13-23)30(37)27-22-35(29-17-10-9-14-24(27)29)18-11-19-36-31(38)25-15-7-8-16-26(25)32(36)39/h4-10,12-17,22,28H,2-3,11,18-21H2,1H3,(H,34,40). The van der Waals surface area contributed by atoms with Crippen LogP contribution in [0.5, 0.6) is 0 Å². The molecule has 3 amide bonds. The molecule has 8 heteroatoms. The highest BCUT2D eigenvalue weighted by Gasteiger charge is 2.34. The van der Waals surface area contributed by atoms with Crippen LogP contribution in [-0.4, -0.2) is 52.4 Å². The van der Waals surface area contributed by atoms with Crippen molar-refractivity contribution in [2.45, 2.75) is 45.2 Å². The summed E-state index contributed by atoms with van der Waals surface area (Å²) in [6, 6.07) is 23.2. The summed E-state index contributed by atoms with van der Waals surface area (Å²) in [5, 5.41) is 3.57. The highest BCUT2D eigenvalue weighted by Crippen LogP contribution is 2.26. The molecule has 0 bridgehead atoms. The predicted octanol–water partition coefficient (Wildman–Crippen LogP) is 5.65. The van der Waals surface area contributed by atoms with Crippen molar-refractivity contribution in [1.29, 1.82) is 0 Å². The molecule has 0 spiro atoms. The highest BCUT2D eigenvalue weighted by molar-refractivity contribution is 6.21. The second-order valence-electron chi connectivity index (χ2n) is 10.2. The van der Waals surface area contributed by atoms with Crippen LogP contribution in [-0.2, 0) is 17.7 Å². The molecule has 0 saturated heterocycles. The summed E-state index contributed by atoms with van der Waals surface area (Å²) in [5.41, 5.74) is 3.15.